The quantitative estimate of drug-likeness (QED) is 0.202. The molecule has 2 aromatic carbocycles. The van der Waals surface area contributed by atoms with E-state index in [9.17, 15) is 14.4 Å². The molecule has 0 saturated heterocycles. The molecule has 0 heterocycles. The van der Waals surface area contributed by atoms with Gasteiger partial charge in [0, 0.05) is 18.2 Å². The van der Waals surface area contributed by atoms with Gasteiger partial charge in [0.05, 0.1) is 0 Å². The Hall–Kier alpha value is -4.19. The van der Waals surface area contributed by atoms with Gasteiger partial charge < -0.3 is 14.2 Å². The lowest BCUT2D eigenvalue weighted by molar-refractivity contribution is -0.131. The third-order valence-electron chi connectivity index (χ3n) is 4.67. The normalized spacial score (nSPS) is 11.0. The van der Waals surface area contributed by atoms with Gasteiger partial charge in [0.1, 0.15) is 5.75 Å². The van der Waals surface area contributed by atoms with Crippen molar-refractivity contribution in [2.75, 3.05) is 0 Å². The van der Waals surface area contributed by atoms with E-state index in [4.69, 9.17) is 14.2 Å². The van der Waals surface area contributed by atoms with Crippen LogP contribution in [0.3, 0.4) is 0 Å². The molecule has 0 radical (unpaired) electrons. The first-order valence-electron chi connectivity index (χ1n) is 10.3. The molecule has 33 heavy (non-hydrogen) atoms. The summed E-state index contributed by atoms with van der Waals surface area (Å²) in [7, 11) is 0. The highest BCUT2D eigenvalue weighted by Gasteiger charge is 2.15. The molecule has 0 amide bonds. The van der Waals surface area contributed by atoms with Gasteiger partial charge in [0.25, 0.3) is 0 Å². The predicted molar refractivity (Wildman–Crippen MR) is 128 cm³/mol. The third-order valence-corrected chi connectivity index (χ3v) is 4.67. The van der Waals surface area contributed by atoms with E-state index in [1.54, 1.807) is 30.3 Å². The molecule has 0 aromatic heterocycles. The lowest BCUT2D eigenvalue weighted by Gasteiger charge is -2.15. The minimum atomic E-state index is -0.678. The lowest BCUT2D eigenvalue weighted by atomic mass is 9.92. The van der Waals surface area contributed by atoms with E-state index in [0.29, 0.717) is 5.75 Å². The standard InChI is InChI=1S/C27H26O6/c1-6-10-22(19-11-14-21(15-12-19)31-25(28)7-2)18(5)20-13-16-23(32-26(29)8-3)24(17-20)33-27(30)9-4/h7-9,11-17H,2-4,6,10H2,1,5H3/b22-18+. The van der Waals surface area contributed by atoms with Gasteiger partial charge >= 0.3 is 17.9 Å². The minimum absolute atomic E-state index is 0.0921. The number of carbonyl (C=O) groups is 3. The maximum absolute atomic E-state index is 11.8. The Morgan fingerprint density at radius 3 is 1.82 bits per heavy atom. The molecule has 170 valence electrons. The Morgan fingerprint density at radius 1 is 0.758 bits per heavy atom. The molecule has 0 aliphatic carbocycles. The van der Waals surface area contributed by atoms with Crippen molar-refractivity contribution in [1.29, 1.82) is 0 Å². The highest BCUT2D eigenvalue weighted by molar-refractivity contribution is 5.92. The van der Waals surface area contributed by atoms with Crippen molar-refractivity contribution < 1.29 is 28.6 Å². The summed E-state index contributed by atoms with van der Waals surface area (Å²) in [6.07, 6.45) is 4.83. The first-order chi connectivity index (χ1) is 15.8. The summed E-state index contributed by atoms with van der Waals surface area (Å²) in [4.78, 5) is 34.9. The molecule has 0 spiro atoms. The maximum Gasteiger partial charge on any atom is 0.335 e. The molecular weight excluding hydrogens is 420 g/mol. The van der Waals surface area contributed by atoms with Crippen molar-refractivity contribution in [1.82, 2.24) is 0 Å². The molecule has 0 fully saturated rings. The molecule has 0 bridgehead atoms. The topological polar surface area (TPSA) is 78.9 Å². The fourth-order valence-corrected chi connectivity index (χ4v) is 3.06. The van der Waals surface area contributed by atoms with Crippen LogP contribution in [0.5, 0.6) is 17.2 Å². The molecule has 0 saturated carbocycles. The van der Waals surface area contributed by atoms with E-state index >= 15 is 0 Å². The Kier molecular flexibility index (Phi) is 9.12. The van der Waals surface area contributed by atoms with E-state index in [2.05, 4.69) is 26.7 Å². The molecule has 6 heteroatoms. The van der Waals surface area contributed by atoms with Crippen LogP contribution in [0.25, 0.3) is 11.1 Å². The maximum atomic E-state index is 11.8. The van der Waals surface area contributed by atoms with Crippen molar-refractivity contribution in [2.24, 2.45) is 0 Å². The third kappa shape index (κ3) is 6.90. The van der Waals surface area contributed by atoms with Gasteiger partial charge in [-0.2, -0.15) is 0 Å². The summed E-state index contributed by atoms with van der Waals surface area (Å²) in [6.45, 7) is 14.2. The van der Waals surface area contributed by atoms with Gasteiger partial charge in [-0.05, 0) is 59.9 Å². The Morgan fingerprint density at radius 2 is 1.27 bits per heavy atom. The predicted octanol–water partition coefficient (Wildman–Crippen LogP) is 5.69. The van der Waals surface area contributed by atoms with E-state index in [1.165, 1.54) is 0 Å². The van der Waals surface area contributed by atoms with Gasteiger partial charge in [0.15, 0.2) is 11.5 Å². The Balaban J connectivity index is 2.50. The second-order valence-electron chi connectivity index (χ2n) is 6.92. The zero-order chi connectivity index (χ0) is 24.4. The number of allylic oxidation sites excluding steroid dienone is 2. The second-order valence-corrected chi connectivity index (χ2v) is 6.92. The van der Waals surface area contributed by atoms with Gasteiger partial charge in [-0.25, -0.2) is 14.4 Å². The molecular formula is C27H26O6. The van der Waals surface area contributed by atoms with Crippen LogP contribution in [0.1, 0.15) is 37.8 Å². The van der Waals surface area contributed by atoms with E-state index in [1.807, 2.05) is 19.1 Å². The first kappa shape index (κ1) is 25.1. The van der Waals surface area contributed by atoms with Gasteiger partial charge in [-0.3, -0.25) is 0 Å². The van der Waals surface area contributed by atoms with Crippen LogP contribution >= 0.6 is 0 Å². The Bertz CT molecular complexity index is 1110. The summed E-state index contributed by atoms with van der Waals surface area (Å²) in [6, 6.07) is 12.2. The van der Waals surface area contributed by atoms with Crippen molar-refractivity contribution in [2.45, 2.75) is 26.7 Å². The number of benzene rings is 2. The number of esters is 3. The average Bonchev–Trinajstić information content (AvgIpc) is 2.83. The van der Waals surface area contributed by atoms with Crippen molar-refractivity contribution in [3.63, 3.8) is 0 Å². The van der Waals surface area contributed by atoms with Crippen LogP contribution in [-0.4, -0.2) is 17.9 Å². The fourth-order valence-electron chi connectivity index (χ4n) is 3.06. The van der Waals surface area contributed by atoms with E-state index in [-0.39, 0.29) is 11.5 Å². The monoisotopic (exact) mass is 446 g/mol. The number of ether oxygens (including phenoxy) is 3. The van der Waals surface area contributed by atoms with E-state index in [0.717, 1.165) is 53.3 Å². The molecule has 0 N–H and O–H groups in total. The van der Waals surface area contributed by atoms with Crippen LogP contribution in [0.15, 0.2) is 80.4 Å². The largest absolute Gasteiger partial charge is 0.423 e. The van der Waals surface area contributed by atoms with Crippen molar-refractivity contribution >= 4 is 29.1 Å². The summed E-state index contributed by atoms with van der Waals surface area (Å²) in [5.74, 6) is -1.27. The Labute approximate surface area is 193 Å². The molecule has 0 unspecified atom stereocenters. The summed E-state index contributed by atoms with van der Waals surface area (Å²) >= 11 is 0. The van der Waals surface area contributed by atoms with Gasteiger partial charge in [-0.1, -0.05) is 51.3 Å². The van der Waals surface area contributed by atoms with Crippen LogP contribution in [-0.2, 0) is 14.4 Å². The molecule has 0 atom stereocenters. The van der Waals surface area contributed by atoms with Crippen LogP contribution in [0.4, 0.5) is 0 Å². The van der Waals surface area contributed by atoms with Crippen LogP contribution in [0.2, 0.25) is 0 Å². The summed E-state index contributed by atoms with van der Waals surface area (Å²) in [5.41, 5.74) is 3.76. The van der Waals surface area contributed by atoms with Crippen LogP contribution < -0.4 is 14.2 Å². The summed E-state index contributed by atoms with van der Waals surface area (Å²) in [5, 5.41) is 0. The number of hydrogen-bond donors (Lipinski definition) is 0. The fraction of sp³-hybridized carbons (Fsp3) is 0.148. The highest BCUT2D eigenvalue weighted by Crippen LogP contribution is 2.36. The van der Waals surface area contributed by atoms with Crippen molar-refractivity contribution in [3.8, 4) is 17.2 Å². The lowest BCUT2D eigenvalue weighted by Crippen LogP contribution is -2.09. The summed E-state index contributed by atoms with van der Waals surface area (Å²) < 4.78 is 15.6. The van der Waals surface area contributed by atoms with Gasteiger partial charge in [0.2, 0.25) is 0 Å². The second kappa shape index (κ2) is 12.0. The highest BCUT2D eigenvalue weighted by atomic mass is 16.6. The minimum Gasteiger partial charge on any atom is -0.423 e. The molecule has 6 nitrogen and oxygen atoms in total. The van der Waals surface area contributed by atoms with Gasteiger partial charge in [-0.15, -0.1) is 0 Å². The number of hydrogen-bond acceptors (Lipinski definition) is 6. The number of carbonyl (C=O) groups excluding carboxylic acids is 3. The molecule has 0 aliphatic heterocycles. The molecule has 2 aromatic rings. The smallest absolute Gasteiger partial charge is 0.335 e. The van der Waals surface area contributed by atoms with E-state index < -0.39 is 17.9 Å². The average molecular weight is 446 g/mol. The molecule has 2 rings (SSSR count). The zero-order valence-electron chi connectivity index (χ0n) is 18.8. The number of rotatable bonds is 10. The van der Waals surface area contributed by atoms with Crippen LogP contribution in [0, 0.1) is 0 Å². The van der Waals surface area contributed by atoms with Crippen molar-refractivity contribution in [3.05, 3.63) is 91.6 Å². The molecule has 0 aliphatic rings. The zero-order valence-corrected chi connectivity index (χ0v) is 18.8. The first-order valence-corrected chi connectivity index (χ1v) is 10.3. The SMILES string of the molecule is C=CC(=O)Oc1ccc(/C(CCC)=C(\C)c2ccc(OC(=O)C=C)c(OC(=O)C=C)c2)cc1.